The van der Waals surface area contributed by atoms with Crippen LogP contribution in [0, 0.1) is 0 Å². The van der Waals surface area contributed by atoms with Crippen LogP contribution >= 0.6 is 0 Å². The molecule has 0 radical (unpaired) electrons. The van der Waals surface area contributed by atoms with E-state index in [4.69, 9.17) is 15.2 Å². The molecule has 0 aliphatic carbocycles. The number of nitrogens with zero attached hydrogens (tertiary/aromatic N) is 3. The number of fused-ring (bicyclic) bond motifs is 1. The molecule has 1 aromatic carbocycles. The molecule has 0 unspecified atom stereocenters. The monoisotopic (exact) mass is 344 g/mol. The van der Waals surface area contributed by atoms with Crippen molar-refractivity contribution < 1.29 is 14.3 Å². The van der Waals surface area contributed by atoms with Crippen molar-refractivity contribution in [2.24, 2.45) is 12.8 Å². The van der Waals surface area contributed by atoms with Crippen molar-refractivity contribution >= 4 is 5.91 Å². The topological polar surface area (TPSA) is 82.6 Å². The second-order valence-corrected chi connectivity index (χ2v) is 6.14. The lowest BCUT2D eigenvalue weighted by atomic mass is 10.0. The zero-order valence-corrected chi connectivity index (χ0v) is 14.7. The van der Waals surface area contributed by atoms with E-state index < -0.39 is 5.91 Å². The van der Waals surface area contributed by atoms with Gasteiger partial charge in [-0.3, -0.25) is 14.4 Å². The van der Waals surface area contributed by atoms with Crippen LogP contribution in [-0.4, -0.2) is 47.4 Å². The first-order valence-corrected chi connectivity index (χ1v) is 8.43. The Bertz CT molecular complexity index is 757. The minimum Gasteiger partial charge on any atom is -0.493 e. The van der Waals surface area contributed by atoms with E-state index >= 15 is 0 Å². The van der Waals surface area contributed by atoms with E-state index in [9.17, 15) is 4.79 Å². The molecular formula is C18H24N4O3. The smallest absolute Gasteiger partial charge is 0.269 e. The number of nitrogens with two attached hydrogens (primary N) is 1. The number of carbonyl (C=O) groups is 1. The zero-order valence-electron chi connectivity index (χ0n) is 14.7. The van der Waals surface area contributed by atoms with Gasteiger partial charge in [-0.25, -0.2) is 0 Å². The Morgan fingerprint density at radius 1 is 1.32 bits per heavy atom. The molecule has 0 atom stereocenters. The van der Waals surface area contributed by atoms with Crippen molar-refractivity contribution in [3.8, 4) is 11.5 Å². The fourth-order valence-electron chi connectivity index (χ4n) is 3.25. The summed E-state index contributed by atoms with van der Waals surface area (Å²) in [5.74, 6) is 1.04. The highest BCUT2D eigenvalue weighted by molar-refractivity contribution is 5.92. The average molecular weight is 344 g/mol. The first-order valence-electron chi connectivity index (χ1n) is 8.43. The van der Waals surface area contributed by atoms with Gasteiger partial charge in [0.05, 0.1) is 13.7 Å². The Morgan fingerprint density at radius 2 is 2.08 bits per heavy atom. The molecule has 2 aromatic rings. The van der Waals surface area contributed by atoms with Crippen LogP contribution in [0.25, 0.3) is 0 Å². The SMILES string of the molecule is COc1ccccc1OCCCN1CCc2c(c(C(N)=O)nn2C)C1. The summed E-state index contributed by atoms with van der Waals surface area (Å²) >= 11 is 0. The van der Waals surface area contributed by atoms with Crippen LogP contribution in [0.1, 0.15) is 28.2 Å². The van der Waals surface area contributed by atoms with Crippen LogP contribution in [0.2, 0.25) is 0 Å². The molecule has 3 rings (SSSR count). The van der Waals surface area contributed by atoms with Gasteiger partial charge in [-0.2, -0.15) is 5.10 Å². The molecule has 0 spiro atoms. The van der Waals surface area contributed by atoms with Gasteiger partial charge in [-0.1, -0.05) is 12.1 Å². The van der Waals surface area contributed by atoms with Crippen LogP contribution in [-0.2, 0) is 20.0 Å². The fraction of sp³-hybridized carbons (Fsp3) is 0.444. The van der Waals surface area contributed by atoms with Gasteiger partial charge in [0.25, 0.3) is 5.91 Å². The minimum atomic E-state index is -0.460. The van der Waals surface area contributed by atoms with E-state index in [0.29, 0.717) is 18.8 Å². The normalized spacial score (nSPS) is 14.2. The molecule has 2 N–H and O–H groups in total. The van der Waals surface area contributed by atoms with E-state index in [-0.39, 0.29) is 0 Å². The molecule has 7 nitrogen and oxygen atoms in total. The lowest BCUT2D eigenvalue weighted by molar-refractivity contribution is 0.0992. The third-order valence-electron chi connectivity index (χ3n) is 4.50. The predicted molar refractivity (Wildman–Crippen MR) is 93.8 cm³/mol. The zero-order chi connectivity index (χ0) is 17.8. The molecule has 0 saturated heterocycles. The number of hydrogen-bond acceptors (Lipinski definition) is 5. The summed E-state index contributed by atoms with van der Waals surface area (Å²) in [5.41, 5.74) is 7.91. The maximum atomic E-state index is 11.6. The summed E-state index contributed by atoms with van der Waals surface area (Å²) in [5, 5.41) is 4.26. The van der Waals surface area contributed by atoms with E-state index in [2.05, 4.69) is 10.00 Å². The van der Waals surface area contributed by atoms with Gasteiger partial charge >= 0.3 is 0 Å². The molecule has 1 amide bonds. The lowest BCUT2D eigenvalue weighted by Crippen LogP contribution is -2.33. The Balaban J connectivity index is 1.53. The second-order valence-electron chi connectivity index (χ2n) is 6.14. The summed E-state index contributed by atoms with van der Waals surface area (Å²) < 4.78 is 12.9. The fourth-order valence-corrected chi connectivity index (χ4v) is 3.25. The van der Waals surface area contributed by atoms with Crippen molar-refractivity contribution in [1.82, 2.24) is 14.7 Å². The molecule has 2 heterocycles. The number of aromatic nitrogens is 2. The number of primary amides is 1. The molecule has 134 valence electrons. The van der Waals surface area contributed by atoms with Crippen LogP contribution < -0.4 is 15.2 Å². The number of methoxy groups -OCH3 is 1. The van der Waals surface area contributed by atoms with Crippen molar-refractivity contribution in [1.29, 1.82) is 0 Å². The molecular weight excluding hydrogens is 320 g/mol. The van der Waals surface area contributed by atoms with E-state index in [1.54, 1.807) is 11.8 Å². The molecule has 1 aliphatic heterocycles. The molecule has 0 saturated carbocycles. The van der Waals surface area contributed by atoms with Gasteiger partial charge in [0.15, 0.2) is 17.2 Å². The van der Waals surface area contributed by atoms with Crippen molar-refractivity contribution in [3.63, 3.8) is 0 Å². The number of rotatable bonds is 7. The van der Waals surface area contributed by atoms with Crippen molar-refractivity contribution in [2.45, 2.75) is 19.4 Å². The summed E-state index contributed by atoms with van der Waals surface area (Å²) in [4.78, 5) is 13.9. The van der Waals surface area contributed by atoms with Crippen LogP contribution in [0.5, 0.6) is 11.5 Å². The van der Waals surface area contributed by atoms with Gasteiger partial charge < -0.3 is 15.2 Å². The number of para-hydroxylation sites is 2. The molecule has 0 bridgehead atoms. The Kier molecular flexibility index (Phi) is 5.23. The molecule has 25 heavy (non-hydrogen) atoms. The average Bonchev–Trinajstić information content (AvgIpc) is 2.95. The van der Waals surface area contributed by atoms with Crippen LogP contribution in [0.3, 0.4) is 0 Å². The number of aryl methyl sites for hydroxylation is 1. The third-order valence-corrected chi connectivity index (χ3v) is 4.50. The highest BCUT2D eigenvalue weighted by Gasteiger charge is 2.25. The highest BCUT2D eigenvalue weighted by Crippen LogP contribution is 2.26. The standard InChI is InChI=1S/C18H24N4O3/c1-21-14-8-10-22(12-13(14)17(20-21)18(19)23)9-5-11-25-16-7-4-3-6-15(16)24-2/h3-4,6-7H,5,8-12H2,1-2H3,(H2,19,23). The van der Waals surface area contributed by atoms with Gasteiger partial charge in [0.2, 0.25) is 0 Å². The first-order chi connectivity index (χ1) is 12.1. The van der Waals surface area contributed by atoms with Crippen molar-refractivity contribution in [2.75, 3.05) is 26.8 Å². The quantitative estimate of drug-likeness (QED) is 0.767. The third kappa shape index (κ3) is 3.76. The predicted octanol–water partition coefficient (Wildman–Crippen LogP) is 1.35. The first kappa shape index (κ1) is 17.3. The number of hydrogen-bond donors (Lipinski definition) is 1. The number of amides is 1. The largest absolute Gasteiger partial charge is 0.493 e. The maximum Gasteiger partial charge on any atom is 0.269 e. The maximum absolute atomic E-state index is 11.6. The van der Waals surface area contributed by atoms with Gasteiger partial charge in [-0.05, 0) is 18.6 Å². The van der Waals surface area contributed by atoms with Crippen LogP contribution in [0.15, 0.2) is 24.3 Å². The van der Waals surface area contributed by atoms with Gasteiger partial charge in [0.1, 0.15) is 0 Å². The Labute approximate surface area is 147 Å². The lowest BCUT2D eigenvalue weighted by Gasteiger charge is -2.27. The molecule has 1 aromatic heterocycles. The Morgan fingerprint density at radius 3 is 2.80 bits per heavy atom. The van der Waals surface area contributed by atoms with Gasteiger partial charge in [-0.15, -0.1) is 0 Å². The summed E-state index contributed by atoms with van der Waals surface area (Å²) in [6.45, 7) is 3.15. The van der Waals surface area contributed by atoms with E-state index in [1.807, 2.05) is 31.3 Å². The summed E-state index contributed by atoms with van der Waals surface area (Å²) in [6, 6.07) is 7.63. The number of benzene rings is 1. The minimum absolute atomic E-state index is 0.396. The van der Waals surface area contributed by atoms with E-state index in [0.717, 1.165) is 48.7 Å². The molecule has 1 aliphatic rings. The summed E-state index contributed by atoms with van der Waals surface area (Å²) in [7, 11) is 3.50. The molecule has 0 fully saturated rings. The van der Waals surface area contributed by atoms with Crippen LogP contribution in [0.4, 0.5) is 0 Å². The number of carbonyl (C=O) groups excluding carboxylic acids is 1. The summed E-state index contributed by atoms with van der Waals surface area (Å²) in [6.07, 6.45) is 1.76. The number of ether oxygens (including phenoxy) is 2. The van der Waals surface area contributed by atoms with Gasteiger partial charge in [0, 0.05) is 44.4 Å². The Hall–Kier alpha value is -2.54. The van der Waals surface area contributed by atoms with E-state index in [1.165, 1.54) is 0 Å². The second kappa shape index (κ2) is 7.57. The molecule has 7 heteroatoms. The highest BCUT2D eigenvalue weighted by atomic mass is 16.5. The van der Waals surface area contributed by atoms with Crippen molar-refractivity contribution in [3.05, 3.63) is 41.2 Å².